The zero-order chi connectivity index (χ0) is 14.4. The van der Waals surface area contributed by atoms with Crippen LogP contribution in [0.5, 0.6) is 0 Å². The minimum absolute atomic E-state index is 0.262. The Kier molecular flexibility index (Phi) is 3.77. The third-order valence-electron chi connectivity index (χ3n) is 5.74. The summed E-state index contributed by atoms with van der Waals surface area (Å²) >= 11 is 3.84. The molecule has 0 N–H and O–H groups in total. The molecule has 0 heterocycles. The predicted molar refractivity (Wildman–Crippen MR) is 90.5 cm³/mol. The number of fused-ring (bicyclic) bond motifs is 2. The van der Waals surface area contributed by atoms with Gasteiger partial charge in [0.15, 0.2) is 0 Å². The van der Waals surface area contributed by atoms with Crippen LogP contribution in [0, 0.1) is 17.3 Å². The van der Waals surface area contributed by atoms with Crippen LogP contribution in [0.4, 0.5) is 0 Å². The van der Waals surface area contributed by atoms with Crippen molar-refractivity contribution in [3.63, 3.8) is 0 Å². The molecule has 110 valence electrons. The Morgan fingerprint density at radius 2 is 1.85 bits per heavy atom. The number of alkyl halides is 1. The smallest absolute Gasteiger partial charge is 0.00939 e. The van der Waals surface area contributed by atoms with E-state index in [2.05, 4.69) is 61.0 Å². The molecule has 3 unspecified atom stereocenters. The normalized spacial score (nSPS) is 32.8. The van der Waals surface area contributed by atoms with Crippen molar-refractivity contribution in [2.45, 2.75) is 58.3 Å². The van der Waals surface area contributed by atoms with Crippen LogP contribution in [0.3, 0.4) is 0 Å². The third-order valence-corrected chi connectivity index (χ3v) is 6.86. The van der Waals surface area contributed by atoms with Gasteiger partial charge in [-0.2, -0.15) is 0 Å². The van der Waals surface area contributed by atoms with E-state index in [0.29, 0.717) is 5.41 Å². The molecule has 1 aromatic carbocycles. The molecular formula is C19H27Br. The highest BCUT2D eigenvalue weighted by molar-refractivity contribution is 9.09. The van der Waals surface area contributed by atoms with E-state index >= 15 is 0 Å². The van der Waals surface area contributed by atoms with Crippen LogP contribution in [0.15, 0.2) is 24.3 Å². The summed E-state index contributed by atoms with van der Waals surface area (Å²) in [5.74, 6) is 1.99. The first kappa shape index (κ1) is 14.6. The molecule has 0 nitrogen and oxygen atoms in total. The van der Waals surface area contributed by atoms with Crippen molar-refractivity contribution < 1.29 is 0 Å². The second-order valence-corrected chi connectivity index (χ2v) is 8.76. The lowest BCUT2D eigenvalue weighted by atomic mass is 9.71. The lowest BCUT2D eigenvalue weighted by Crippen LogP contribution is -2.32. The number of hydrogen-bond donors (Lipinski definition) is 0. The van der Waals surface area contributed by atoms with Crippen LogP contribution in [-0.2, 0) is 11.8 Å². The van der Waals surface area contributed by atoms with Crippen LogP contribution >= 0.6 is 15.9 Å². The topological polar surface area (TPSA) is 0 Å². The van der Waals surface area contributed by atoms with Crippen LogP contribution in [0.25, 0.3) is 0 Å². The van der Waals surface area contributed by atoms with Gasteiger partial charge in [0, 0.05) is 5.33 Å². The largest absolute Gasteiger partial charge is 0.0922 e. The quantitative estimate of drug-likeness (QED) is 0.619. The number of rotatable bonds is 3. The Bertz CT molecular complexity index is 468. The summed E-state index contributed by atoms with van der Waals surface area (Å²) in [5, 5.41) is 1.18. The summed E-state index contributed by atoms with van der Waals surface area (Å²) in [7, 11) is 0. The molecule has 3 rings (SSSR count). The monoisotopic (exact) mass is 334 g/mol. The summed E-state index contributed by atoms with van der Waals surface area (Å²) < 4.78 is 0. The number of halogens is 1. The van der Waals surface area contributed by atoms with E-state index < -0.39 is 0 Å². The fourth-order valence-electron chi connectivity index (χ4n) is 4.51. The molecule has 1 aromatic rings. The Labute approximate surface area is 132 Å². The zero-order valence-corrected chi connectivity index (χ0v) is 14.7. The molecule has 2 saturated carbocycles. The highest BCUT2D eigenvalue weighted by Crippen LogP contribution is 2.58. The molecule has 2 fully saturated rings. The van der Waals surface area contributed by atoms with Gasteiger partial charge in [-0.3, -0.25) is 0 Å². The molecule has 2 aliphatic carbocycles. The Balaban J connectivity index is 1.77. The first-order valence-corrected chi connectivity index (χ1v) is 9.20. The van der Waals surface area contributed by atoms with Gasteiger partial charge in [0.05, 0.1) is 0 Å². The van der Waals surface area contributed by atoms with Crippen molar-refractivity contribution in [1.29, 1.82) is 0 Å². The maximum atomic E-state index is 3.84. The van der Waals surface area contributed by atoms with Gasteiger partial charge in [0.2, 0.25) is 0 Å². The van der Waals surface area contributed by atoms with Crippen molar-refractivity contribution in [2.24, 2.45) is 17.3 Å². The summed E-state index contributed by atoms with van der Waals surface area (Å²) in [5.41, 5.74) is 3.79. The summed E-state index contributed by atoms with van der Waals surface area (Å²) in [6.07, 6.45) is 7.16. The minimum Gasteiger partial charge on any atom is -0.0922 e. The summed E-state index contributed by atoms with van der Waals surface area (Å²) in [6, 6.07) is 9.42. The van der Waals surface area contributed by atoms with Crippen molar-refractivity contribution in [3.05, 3.63) is 35.4 Å². The van der Waals surface area contributed by atoms with Gasteiger partial charge in [-0.05, 0) is 59.5 Å². The number of benzene rings is 1. The van der Waals surface area contributed by atoms with Crippen LogP contribution in [0.2, 0.25) is 0 Å². The lowest BCUT2D eigenvalue weighted by molar-refractivity contribution is 0.197. The molecule has 0 aliphatic heterocycles. The molecule has 2 bridgehead atoms. The molecule has 20 heavy (non-hydrogen) atoms. The SMILES string of the molecule is CC(C)(C)c1ccc(CC2(CBr)CC3CCC2C3)cc1. The summed E-state index contributed by atoms with van der Waals surface area (Å²) in [6.45, 7) is 6.87. The van der Waals surface area contributed by atoms with Gasteiger partial charge in [-0.1, -0.05) is 67.4 Å². The van der Waals surface area contributed by atoms with Gasteiger partial charge in [-0.15, -0.1) is 0 Å². The van der Waals surface area contributed by atoms with Gasteiger partial charge < -0.3 is 0 Å². The molecule has 0 saturated heterocycles. The second-order valence-electron chi connectivity index (χ2n) is 8.20. The van der Waals surface area contributed by atoms with E-state index in [1.807, 2.05) is 0 Å². The standard InChI is InChI=1S/C19H27Br/c1-18(2,3)16-7-4-14(5-8-16)11-19(13-20)12-15-6-9-17(19)10-15/h4-5,7-8,15,17H,6,9-13H2,1-3H3. The van der Waals surface area contributed by atoms with Gasteiger partial charge >= 0.3 is 0 Å². The van der Waals surface area contributed by atoms with Crippen LogP contribution in [0.1, 0.15) is 57.6 Å². The van der Waals surface area contributed by atoms with Gasteiger partial charge in [0.25, 0.3) is 0 Å². The lowest BCUT2D eigenvalue weighted by Gasteiger charge is -2.36. The average Bonchev–Trinajstić information content (AvgIpc) is 2.99. The Morgan fingerprint density at radius 3 is 2.30 bits per heavy atom. The highest BCUT2D eigenvalue weighted by Gasteiger charge is 2.49. The van der Waals surface area contributed by atoms with Crippen molar-refractivity contribution in [3.8, 4) is 0 Å². The van der Waals surface area contributed by atoms with Crippen LogP contribution in [-0.4, -0.2) is 5.33 Å². The predicted octanol–water partition coefficient (Wildman–Crippen LogP) is 5.73. The zero-order valence-electron chi connectivity index (χ0n) is 13.1. The van der Waals surface area contributed by atoms with Gasteiger partial charge in [-0.25, -0.2) is 0 Å². The van der Waals surface area contributed by atoms with E-state index in [9.17, 15) is 0 Å². The van der Waals surface area contributed by atoms with Crippen molar-refractivity contribution >= 4 is 15.9 Å². The fraction of sp³-hybridized carbons (Fsp3) is 0.684. The molecule has 3 atom stereocenters. The average molecular weight is 335 g/mol. The molecule has 0 spiro atoms. The second kappa shape index (κ2) is 5.16. The van der Waals surface area contributed by atoms with Crippen molar-refractivity contribution in [2.75, 3.05) is 5.33 Å². The van der Waals surface area contributed by atoms with E-state index in [4.69, 9.17) is 0 Å². The van der Waals surface area contributed by atoms with E-state index in [1.54, 1.807) is 0 Å². The maximum absolute atomic E-state index is 3.84. The summed E-state index contributed by atoms with van der Waals surface area (Å²) in [4.78, 5) is 0. The molecule has 0 aromatic heterocycles. The van der Waals surface area contributed by atoms with Crippen molar-refractivity contribution in [1.82, 2.24) is 0 Å². The highest BCUT2D eigenvalue weighted by atomic mass is 79.9. The molecule has 2 aliphatic rings. The van der Waals surface area contributed by atoms with Crippen LogP contribution < -0.4 is 0 Å². The Hall–Kier alpha value is -0.300. The van der Waals surface area contributed by atoms with E-state index in [1.165, 1.54) is 48.6 Å². The molecule has 0 radical (unpaired) electrons. The Morgan fingerprint density at radius 1 is 1.15 bits per heavy atom. The minimum atomic E-state index is 0.262. The van der Waals surface area contributed by atoms with Gasteiger partial charge in [0.1, 0.15) is 0 Å². The third kappa shape index (κ3) is 2.58. The molecule has 1 heteroatoms. The van der Waals surface area contributed by atoms with E-state index in [-0.39, 0.29) is 5.41 Å². The number of hydrogen-bond acceptors (Lipinski definition) is 0. The first-order chi connectivity index (χ1) is 9.43. The molecule has 0 amide bonds. The maximum Gasteiger partial charge on any atom is 0.00939 e. The molecular weight excluding hydrogens is 308 g/mol. The first-order valence-electron chi connectivity index (χ1n) is 8.08. The fourth-order valence-corrected chi connectivity index (χ4v) is 5.40. The van der Waals surface area contributed by atoms with E-state index in [0.717, 1.165) is 11.8 Å².